The van der Waals surface area contributed by atoms with Gasteiger partial charge in [-0.3, -0.25) is 0 Å². The zero-order chi connectivity index (χ0) is 8.97. The second-order valence-corrected chi connectivity index (χ2v) is 2.99. The zero-order valence-electron chi connectivity index (χ0n) is 6.84. The summed E-state index contributed by atoms with van der Waals surface area (Å²) < 4.78 is 0. The molecular weight excluding hydrogens is 166 g/mol. The summed E-state index contributed by atoms with van der Waals surface area (Å²) in [7, 11) is 0. The quantitative estimate of drug-likeness (QED) is 0.515. The fourth-order valence-electron chi connectivity index (χ4n) is 1.09. The third kappa shape index (κ3) is 1.80. The fourth-order valence-corrected chi connectivity index (χ4v) is 1.38. The van der Waals surface area contributed by atoms with Crippen molar-refractivity contribution in [3.05, 3.63) is 41.7 Å². The molecular formula is C10H11NS. The summed E-state index contributed by atoms with van der Waals surface area (Å²) in [5.41, 5.74) is 10.2. The van der Waals surface area contributed by atoms with Gasteiger partial charge in [-0.15, -0.1) is 5.73 Å². The van der Waals surface area contributed by atoms with Crippen LogP contribution >= 0.6 is 12.2 Å². The Morgan fingerprint density at radius 2 is 2.50 bits per heavy atom. The highest BCUT2D eigenvalue weighted by molar-refractivity contribution is 7.80. The van der Waals surface area contributed by atoms with E-state index in [1.54, 1.807) is 0 Å². The number of hydrogen-bond donors (Lipinski definition) is 1. The molecule has 2 N–H and O–H groups in total. The molecule has 62 valence electrons. The van der Waals surface area contributed by atoms with Crippen LogP contribution < -0.4 is 5.73 Å². The molecule has 0 bridgehead atoms. The van der Waals surface area contributed by atoms with Gasteiger partial charge >= 0.3 is 0 Å². The monoisotopic (exact) mass is 177 g/mol. The molecule has 0 spiro atoms. The summed E-state index contributed by atoms with van der Waals surface area (Å²) in [4.78, 5) is 0.925. The number of thiocarbonyl (C=S) groups is 1. The van der Waals surface area contributed by atoms with Crippen LogP contribution in [0.1, 0.15) is 6.42 Å². The zero-order valence-corrected chi connectivity index (χ0v) is 7.66. The van der Waals surface area contributed by atoms with Gasteiger partial charge in [0.2, 0.25) is 0 Å². The van der Waals surface area contributed by atoms with Gasteiger partial charge in [-0.1, -0.05) is 37.0 Å². The molecule has 1 nitrogen and oxygen atoms in total. The van der Waals surface area contributed by atoms with Crippen molar-refractivity contribution in [3.63, 3.8) is 0 Å². The third-order valence-corrected chi connectivity index (χ3v) is 2.13. The van der Waals surface area contributed by atoms with Crippen molar-refractivity contribution in [2.75, 3.05) is 6.54 Å². The van der Waals surface area contributed by atoms with E-state index in [-0.39, 0.29) is 0 Å². The van der Waals surface area contributed by atoms with Gasteiger partial charge in [0.25, 0.3) is 0 Å². The van der Waals surface area contributed by atoms with Gasteiger partial charge in [0.05, 0.1) is 0 Å². The minimum absolute atomic E-state index is 0.448. The molecule has 0 fully saturated rings. The molecule has 2 heteroatoms. The first-order valence-corrected chi connectivity index (χ1v) is 4.19. The lowest BCUT2D eigenvalue weighted by atomic mass is 9.98. The van der Waals surface area contributed by atoms with Crippen LogP contribution in [0.3, 0.4) is 0 Å². The molecule has 12 heavy (non-hydrogen) atoms. The summed E-state index contributed by atoms with van der Waals surface area (Å²) in [6.07, 6.45) is 6.81. The van der Waals surface area contributed by atoms with Gasteiger partial charge in [0.1, 0.15) is 0 Å². The molecule has 0 unspecified atom stereocenters. The molecule has 0 radical (unpaired) electrons. The topological polar surface area (TPSA) is 26.0 Å². The van der Waals surface area contributed by atoms with Gasteiger partial charge in [0, 0.05) is 29.0 Å². The van der Waals surface area contributed by atoms with Crippen molar-refractivity contribution in [2.45, 2.75) is 6.42 Å². The molecule has 0 saturated heterocycles. The van der Waals surface area contributed by atoms with Gasteiger partial charge < -0.3 is 5.73 Å². The second kappa shape index (κ2) is 4.17. The van der Waals surface area contributed by atoms with Gasteiger partial charge in [0.15, 0.2) is 0 Å². The lowest BCUT2D eigenvalue weighted by molar-refractivity contribution is 1.17. The molecule has 0 atom stereocenters. The Balaban J connectivity index is 3.00. The third-order valence-electron chi connectivity index (χ3n) is 1.75. The highest BCUT2D eigenvalue weighted by atomic mass is 32.1. The molecule has 0 heterocycles. The summed E-state index contributed by atoms with van der Waals surface area (Å²) in [6.45, 7) is 4.02. The Morgan fingerprint density at radius 3 is 3.00 bits per heavy atom. The van der Waals surface area contributed by atoms with Crippen LogP contribution in [-0.4, -0.2) is 11.4 Å². The summed E-state index contributed by atoms with van der Waals surface area (Å²) in [5, 5.41) is 0. The normalized spacial score (nSPS) is 15.4. The largest absolute Gasteiger partial charge is 0.326 e. The lowest BCUT2D eigenvalue weighted by Crippen LogP contribution is -2.11. The van der Waals surface area contributed by atoms with Gasteiger partial charge in [-0.05, 0) is 0 Å². The van der Waals surface area contributed by atoms with Crippen LogP contribution in [-0.2, 0) is 0 Å². The standard InChI is InChI=1S/C10H11NS/c1-2-8(7-11)9-5-3-4-6-10(9)12/h3-5H,1,6-7,11H2. The number of nitrogens with two attached hydrogens (primary N) is 1. The second-order valence-electron chi connectivity index (χ2n) is 2.50. The minimum Gasteiger partial charge on any atom is -0.326 e. The van der Waals surface area contributed by atoms with E-state index in [0.29, 0.717) is 6.54 Å². The van der Waals surface area contributed by atoms with Crippen LogP contribution in [0.15, 0.2) is 41.7 Å². The van der Waals surface area contributed by atoms with Crippen LogP contribution in [0.25, 0.3) is 0 Å². The Morgan fingerprint density at radius 1 is 1.75 bits per heavy atom. The maximum atomic E-state index is 5.51. The molecule has 0 aromatic carbocycles. The predicted octanol–water partition coefficient (Wildman–Crippen LogP) is 1.91. The van der Waals surface area contributed by atoms with Crippen molar-refractivity contribution in [2.24, 2.45) is 5.73 Å². The number of hydrogen-bond acceptors (Lipinski definition) is 2. The van der Waals surface area contributed by atoms with Gasteiger partial charge in [-0.25, -0.2) is 0 Å². The van der Waals surface area contributed by atoms with E-state index in [0.717, 1.165) is 22.4 Å². The summed E-state index contributed by atoms with van der Waals surface area (Å²) in [6, 6.07) is 0. The SMILES string of the molecule is C=C=C(CN)C1=CC=CCC1=S. The summed E-state index contributed by atoms with van der Waals surface area (Å²) >= 11 is 5.17. The average molecular weight is 177 g/mol. The first kappa shape index (κ1) is 9.14. The van der Waals surface area contributed by atoms with Crippen LogP contribution in [0.5, 0.6) is 0 Å². The predicted molar refractivity (Wildman–Crippen MR) is 56.1 cm³/mol. The molecule has 0 aromatic rings. The Labute approximate surface area is 78.0 Å². The average Bonchev–Trinajstić information content (AvgIpc) is 2.10. The molecule has 0 saturated carbocycles. The highest BCUT2D eigenvalue weighted by Crippen LogP contribution is 2.16. The van der Waals surface area contributed by atoms with E-state index < -0.39 is 0 Å². The maximum absolute atomic E-state index is 5.51. The maximum Gasteiger partial charge on any atom is 0.0271 e. The van der Waals surface area contributed by atoms with E-state index in [1.807, 2.05) is 18.2 Å². The molecule has 0 aromatic heterocycles. The summed E-state index contributed by atoms with van der Waals surface area (Å²) in [5.74, 6) is 0. The lowest BCUT2D eigenvalue weighted by Gasteiger charge is -2.10. The molecule has 1 rings (SSSR count). The Bertz CT molecular complexity index is 304. The van der Waals surface area contributed by atoms with Crippen LogP contribution in [0.4, 0.5) is 0 Å². The van der Waals surface area contributed by atoms with E-state index in [9.17, 15) is 0 Å². The molecule has 1 aliphatic carbocycles. The molecule has 1 aliphatic rings. The van der Waals surface area contributed by atoms with E-state index in [1.165, 1.54) is 0 Å². The Kier molecular flexibility index (Phi) is 3.18. The van der Waals surface area contributed by atoms with Gasteiger partial charge in [-0.2, -0.15) is 0 Å². The first-order valence-electron chi connectivity index (χ1n) is 3.79. The number of allylic oxidation sites excluding steroid dienone is 3. The smallest absolute Gasteiger partial charge is 0.0271 e. The van der Waals surface area contributed by atoms with Crippen LogP contribution in [0.2, 0.25) is 0 Å². The van der Waals surface area contributed by atoms with E-state index in [4.69, 9.17) is 18.0 Å². The minimum atomic E-state index is 0.448. The van der Waals surface area contributed by atoms with Crippen molar-refractivity contribution >= 4 is 17.1 Å². The Hall–Kier alpha value is -0.950. The van der Waals surface area contributed by atoms with Crippen molar-refractivity contribution in [1.82, 2.24) is 0 Å². The number of rotatable bonds is 2. The fraction of sp³-hybridized carbons (Fsp3) is 0.200. The van der Waals surface area contributed by atoms with Crippen molar-refractivity contribution in [1.29, 1.82) is 0 Å². The van der Waals surface area contributed by atoms with Crippen LogP contribution in [0, 0.1) is 0 Å². The van der Waals surface area contributed by atoms with E-state index in [2.05, 4.69) is 12.3 Å². The molecule has 0 amide bonds. The highest BCUT2D eigenvalue weighted by Gasteiger charge is 2.09. The first-order chi connectivity index (χ1) is 5.79. The van der Waals surface area contributed by atoms with Crippen molar-refractivity contribution < 1.29 is 0 Å². The van der Waals surface area contributed by atoms with E-state index >= 15 is 0 Å². The van der Waals surface area contributed by atoms with Crippen molar-refractivity contribution in [3.8, 4) is 0 Å². The molecule has 0 aliphatic heterocycles.